The molecule has 0 unspecified atom stereocenters. The summed E-state index contributed by atoms with van der Waals surface area (Å²) in [6.07, 6.45) is 0. The van der Waals surface area contributed by atoms with Gasteiger partial charge in [-0.1, -0.05) is 53.5 Å². The van der Waals surface area contributed by atoms with E-state index in [-0.39, 0.29) is 12.5 Å². The molecule has 100 valence electrons. The Kier molecular flexibility index (Phi) is 3.47. The molecule has 0 saturated heterocycles. The van der Waals surface area contributed by atoms with Gasteiger partial charge < -0.3 is 5.32 Å². The zero-order valence-electron chi connectivity index (χ0n) is 10.4. The Bertz CT molecular complexity index is 711. The van der Waals surface area contributed by atoms with Gasteiger partial charge in [0.05, 0.1) is 21.4 Å². The minimum Gasteiger partial charge on any atom is -0.323 e. The first kappa shape index (κ1) is 13.2. The number of benzene rings is 2. The van der Waals surface area contributed by atoms with E-state index in [9.17, 15) is 4.79 Å². The van der Waals surface area contributed by atoms with Crippen molar-refractivity contribution in [3.8, 4) is 0 Å². The van der Waals surface area contributed by atoms with Gasteiger partial charge in [0.15, 0.2) is 0 Å². The maximum Gasteiger partial charge on any atom is 0.246 e. The molecule has 0 aromatic heterocycles. The molecule has 0 atom stereocenters. The number of rotatable bonds is 1. The van der Waals surface area contributed by atoms with Crippen LogP contribution >= 0.6 is 23.2 Å². The Morgan fingerprint density at radius 2 is 1.80 bits per heavy atom. The SMILES string of the molecule is O=C1CN=C(c2ccccc2)c2ccc(Cl)c(Cl)c2N1. The van der Waals surface area contributed by atoms with Gasteiger partial charge in [-0.15, -0.1) is 0 Å². The number of hydrogen-bond donors (Lipinski definition) is 1. The van der Waals surface area contributed by atoms with E-state index in [2.05, 4.69) is 10.3 Å². The van der Waals surface area contributed by atoms with Gasteiger partial charge in [0.1, 0.15) is 6.54 Å². The lowest BCUT2D eigenvalue weighted by atomic mass is 10.0. The normalized spacial score (nSPS) is 14.1. The fourth-order valence-electron chi connectivity index (χ4n) is 2.13. The topological polar surface area (TPSA) is 41.5 Å². The van der Waals surface area contributed by atoms with Gasteiger partial charge >= 0.3 is 0 Å². The van der Waals surface area contributed by atoms with Crippen LogP contribution in [0.5, 0.6) is 0 Å². The summed E-state index contributed by atoms with van der Waals surface area (Å²) in [5.74, 6) is -0.207. The highest BCUT2D eigenvalue weighted by Gasteiger charge is 2.21. The second kappa shape index (κ2) is 5.27. The summed E-state index contributed by atoms with van der Waals surface area (Å²) in [6, 6.07) is 13.2. The molecule has 20 heavy (non-hydrogen) atoms. The number of anilines is 1. The molecule has 0 fully saturated rings. The zero-order valence-corrected chi connectivity index (χ0v) is 11.9. The Hall–Kier alpha value is -1.84. The lowest BCUT2D eigenvalue weighted by molar-refractivity contribution is -0.114. The third kappa shape index (κ3) is 2.30. The number of nitrogens with one attached hydrogen (secondary N) is 1. The van der Waals surface area contributed by atoms with Crippen LogP contribution in [0.25, 0.3) is 0 Å². The molecule has 2 aromatic carbocycles. The molecule has 0 spiro atoms. The maximum absolute atomic E-state index is 11.8. The number of fused-ring (bicyclic) bond motifs is 1. The van der Waals surface area contributed by atoms with Crippen molar-refractivity contribution in [2.45, 2.75) is 0 Å². The first-order valence-electron chi connectivity index (χ1n) is 6.05. The lowest BCUT2D eigenvalue weighted by Crippen LogP contribution is -2.13. The van der Waals surface area contributed by atoms with E-state index in [0.717, 1.165) is 16.8 Å². The summed E-state index contributed by atoms with van der Waals surface area (Å²) in [5, 5.41) is 3.50. The van der Waals surface area contributed by atoms with E-state index < -0.39 is 0 Å². The summed E-state index contributed by atoms with van der Waals surface area (Å²) in [5.41, 5.74) is 2.96. The van der Waals surface area contributed by atoms with Crippen LogP contribution in [0.2, 0.25) is 10.0 Å². The van der Waals surface area contributed by atoms with Gasteiger partial charge in [0.25, 0.3) is 0 Å². The molecule has 1 N–H and O–H groups in total. The van der Waals surface area contributed by atoms with E-state index >= 15 is 0 Å². The number of aliphatic imine (C=N–C) groups is 1. The van der Waals surface area contributed by atoms with Crippen molar-refractivity contribution in [1.82, 2.24) is 0 Å². The van der Waals surface area contributed by atoms with E-state index in [0.29, 0.717) is 15.7 Å². The minimum absolute atomic E-state index is 0.0624. The fourth-order valence-corrected chi connectivity index (χ4v) is 2.50. The standard InChI is InChI=1S/C15H10Cl2N2O/c16-11-7-6-10-14(9-4-2-1-3-5-9)18-8-12(20)19-15(10)13(11)17/h1-7H,8H2,(H,19,20). The molecular weight excluding hydrogens is 295 g/mol. The van der Waals surface area contributed by atoms with Crippen LogP contribution < -0.4 is 5.32 Å². The molecule has 1 heterocycles. The number of hydrogen-bond acceptors (Lipinski definition) is 2. The van der Waals surface area contributed by atoms with Crippen molar-refractivity contribution in [2.75, 3.05) is 11.9 Å². The quantitative estimate of drug-likeness (QED) is 0.856. The Morgan fingerprint density at radius 1 is 1.05 bits per heavy atom. The molecule has 0 bridgehead atoms. The van der Waals surface area contributed by atoms with Gasteiger partial charge in [-0.3, -0.25) is 9.79 Å². The number of benzodiazepines with no additional fused rings is 1. The predicted octanol–water partition coefficient (Wildman–Crippen LogP) is 3.78. The monoisotopic (exact) mass is 304 g/mol. The molecule has 1 amide bonds. The highest BCUT2D eigenvalue weighted by Crippen LogP contribution is 2.35. The number of nitrogens with zero attached hydrogens (tertiary/aromatic N) is 1. The van der Waals surface area contributed by atoms with Crippen LogP contribution in [-0.2, 0) is 4.79 Å². The fraction of sp³-hybridized carbons (Fsp3) is 0.0667. The molecule has 3 nitrogen and oxygen atoms in total. The average Bonchev–Trinajstić information content (AvgIpc) is 2.63. The van der Waals surface area contributed by atoms with E-state index in [1.807, 2.05) is 36.4 Å². The van der Waals surface area contributed by atoms with Crippen molar-refractivity contribution in [1.29, 1.82) is 0 Å². The third-order valence-electron chi connectivity index (χ3n) is 3.04. The second-order valence-electron chi connectivity index (χ2n) is 4.36. The van der Waals surface area contributed by atoms with Gasteiger partial charge in [0.2, 0.25) is 5.91 Å². The first-order chi connectivity index (χ1) is 9.66. The molecule has 0 saturated carbocycles. The molecular formula is C15H10Cl2N2O. The van der Waals surface area contributed by atoms with Gasteiger partial charge in [-0.05, 0) is 12.1 Å². The Labute approximate surface area is 126 Å². The number of carbonyl (C=O) groups is 1. The van der Waals surface area contributed by atoms with Crippen molar-refractivity contribution in [3.63, 3.8) is 0 Å². The van der Waals surface area contributed by atoms with E-state index in [1.54, 1.807) is 6.07 Å². The van der Waals surface area contributed by atoms with Gasteiger partial charge in [0, 0.05) is 11.1 Å². The molecule has 1 aliphatic rings. The Morgan fingerprint density at radius 3 is 2.55 bits per heavy atom. The maximum atomic E-state index is 11.8. The number of carbonyl (C=O) groups excluding carboxylic acids is 1. The van der Waals surface area contributed by atoms with Crippen LogP contribution in [0.3, 0.4) is 0 Å². The molecule has 2 aromatic rings. The highest BCUT2D eigenvalue weighted by molar-refractivity contribution is 6.45. The summed E-state index contributed by atoms with van der Waals surface area (Å²) in [4.78, 5) is 16.2. The predicted molar refractivity (Wildman–Crippen MR) is 82.0 cm³/mol. The first-order valence-corrected chi connectivity index (χ1v) is 6.80. The molecule has 0 radical (unpaired) electrons. The van der Waals surface area contributed by atoms with Gasteiger partial charge in [-0.2, -0.15) is 0 Å². The smallest absolute Gasteiger partial charge is 0.246 e. The molecule has 3 rings (SSSR count). The van der Waals surface area contributed by atoms with Crippen LogP contribution in [0.15, 0.2) is 47.5 Å². The molecule has 1 aliphatic heterocycles. The van der Waals surface area contributed by atoms with Crippen LogP contribution in [0.4, 0.5) is 5.69 Å². The van der Waals surface area contributed by atoms with Crippen molar-refractivity contribution in [3.05, 3.63) is 63.6 Å². The number of amides is 1. The second-order valence-corrected chi connectivity index (χ2v) is 5.15. The highest BCUT2D eigenvalue weighted by atomic mass is 35.5. The largest absolute Gasteiger partial charge is 0.323 e. The van der Waals surface area contributed by atoms with Crippen LogP contribution in [-0.4, -0.2) is 18.2 Å². The summed E-state index contributed by atoms with van der Waals surface area (Å²) in [6.45, 7) is 0.0624. The number of halogens is 2. The van der Waals surface area contributed by atoms with Crippen molar-refractivity contribution >= 4 is 40.5 Å². The Balaban J connectivity index is 2.23. The molecule has 5 heteroatoms. The third-order valence-corrected chi connectivity index (χ3v) is 3.85. The van der Waals surface area contributed by atoms with E-state index in [1.165, 1.54) is 0 Å². The summed E-state index contributed by atoms with van der Waals surface area (Å²) < 4.78 is 0. The van der Waals surface area contributed by atoms with Crippen LogP contribution in [0, 0.1) is 0 Å². The van der Waals surface area contributed by atoms with E-state index in [4.69, 9.17) is 23.2 Å². The lowest BCUT2D eigenvalue weighted by Gasteiger charge is -2.12. The average molecular weight is 305 g/mol. The summed E-state index contributed by atoms with van der Waals surface area (Å²) in [7, 11) is 0. The molecule has 0 aliphatic carbocycles. The minimum atomic E-state index is -0.207. The summed E-state index contributed by atoms with van der Waals surface area (Å²) >= 11 is 12.2. The van der Waals surface area contributed by atoms with Gasteiger partial charge in [-0.25, -0.2) is 0 Å². The van der Waals surface area contributed by atoms with Crippen LogP contribution in [0.1, 0.15) is 11.1 Å². The zero-order chi connectivity index (χ0) is 14.1. The van der Waals surface area contributed by atoms with Crippen molar-refractivity contribution < 1.29 is 4.79 Å². The van der Waals surface area contributed by atoms with Crippen molar-refractivity contribution in [2.24, 2.45) is 4.99 Å².